The van der Waals surface area contributed by atoms with Gasteiger partial charge in [-0.15, -0.1) is 0 Å². The van der Waals surface area contributed by atoms with Gasteiger partial charge in [-0.1, -0.05) is 29.8 Å². The molecule has 0 bridgehead atoms. The van der Waals surface area contributed by atoms with Gasteiger partial charge in [-0.05, 0) is 62.1 Å². The fraction of sp³-hybridized carbons (Fsp3) is 0.341. The molecule has 18 nitrogen and oxygen atoms in total. The van der Waals surface area contributed by atoms with Crippen LogP contribution < -0.4 is 40.9 Å². The predicted octanol–water partition coefficient (Wildman–Crippen LogP) is 5.08. The Balaban J connectivity index is 0.887. The molecule has 61 heavy (non-hydrogen) atoms. The molecule has 1 aromatic heterocycles. The summed E-state index contributed by atoms with van der Waals surface area (Å²) in [6.45, 7) is 1.52. The first-order valence-corrected chi connectivity index (χ1v) is 21.4. The Morgan fingerprint density at radius 1 is 0.918 bits per heavy atom. The van der Waals surface area contributed by atoms with Crippen molar-refractivity contribution in [1.29, 1.82) is 0 Å². The fourth-order valence-corrected chi connectivity index (χ4v) is 8.81. The molecule has 4 N–H and O–H groups in total. The van der Waals surface area contributed by atoms with E-state index in [9.17, 15) is 28.5 Å². The van der Waals surface area contributed by atoms with Gasteiger partial charge in [0.25, 0.3) is 11.8 Å². The van der Waals surface area contributed by atoms with Gasteiger partial charge in [0.1, 0.15) is 22.6 Å². The van der Waals surface area contributed by atoms with Gasteiger partial charge in [0.05, 0.1) is 47.7 Å². The summed E-state index contributed by atoms with van der Waals surface area (Å²) in [4.78, 5) is 75.3. The lowest BCUT2D eigenvalue weighted by Gasteiger charge is -2.34. The molecular formula is C41H44ClN8O10P. The quantitative estimate of drug-likeness (QED) is 0.0655. The van der Waals surface area contributed by atoms with Crippen LogP contribution in [0.15, 0.2) is 66.9 Å². The van der Waals surface area contributed by atoms with Crippen LogP contribution in [-0.2, 0) is 28.0 Å². The van der Waals surface area contributed by atoms with Crippen LogP contribution in [0.4, 0.5) is 28.8 Å². The van der Waals surface area contributed by atoms with Crippen molar-refractivity contribution < 1.29 is 47.1 Å². The van der Waals surface area contributed by atoms with Gasteiger partial charge in [-0.2, -0.15) is 4.98 Å². The maximum atomic E-state index is 13.3. The van der Waals surface area contributed by atoms with E-state index in [1.165, 1.54) is 26.5 Å². The number of piperidine rings is 2. The van der Waals surface area contributed by atoms with Crippen LogP contribution in [0.2, 0.25) is 5.02 Å². The summed E-state index contributed by atoms with van der Waals surface area (Å²) in [7, 11) is 0.596. The van der Waals surface area contributed by atoms with Crippen LogP contribution in [0, 0.1) is 0 Å². The highest BCUT2D eigenvalue weighted by molar-refractivity contribution is 7.62. The zero-order valence-corrected chi connectivity index (χ0v) is 35.2. The average Bonchev–Trinajstić information content (AvgIpc) is 3.52. The third-order valence-corrected chi connectivity index (χ3v) is 12.8. The molecule has 1 atom stereocenters. The molecule has 7 rings (SSSR count). The summed E-state index contributed by atoms with van der Waals surface area (Å²) in [6.07, 6.45) is 3.53. The average molecular weight is 875 g/mol. The third kappa shape index (κ3) is 9.32. The van der Waals surface area contributed by atoms with E-state index in [1.807, 2.05) is 18.2 Å². The van der Waals surface area contributed by atoms with Crippen LogP contribution >= 0.6 is 19.2 Å². The molecule has 20 heteroatoms. The molecule has 3 aliphatic heterocycles. The minimum absolute atomic E-state index is 0.0143. The molecule has 2 fully saturated rings. The lowest BCUT2D eigenvalue weighted by atomic mass is 10.0. The Labute approximate surface area is 356 Å². The molecule has 4 aromatic rings. The van der Waals surface area contributed by atoms with Gasteiger partial charge >= 0.3 is 7.60 Å². The maximum absolute atomic E-state index is 13.3. The van der Waals surface area contributed by atoms with Gasteiger partial charge in [0, 0.05) is 57.9 Å². The van der Waals surface area contributed by atoms with Gasteiger partial charge in [-0.25, -0.2) is 4.98 Å². The second-order valence-electron chi connectivity index (χ2n) is 14.3. The Bertz CT molecular complexity index is 2400. The van der Waals surface area contributed by atoms with Crippen LogP contribution in [0.3, 0.4) is 0 Å². The Morgan fingerprint density at radius 2 is 1.69 bits per heavy atom. The fourth-order valence-electron chi connectivity index (χ4n) is 7.43. The first kappa shape index (κ1) is 43.0. The zero-order chi connectivity index (χ0) is 43.3. The smallest absolute Gasteiger partial charge is 0.362 e. The van der Waals surface area contributed by atoms with E-state index in [1.54, 1.807) is 43.5 Å². The number of aromatic nitrogens is 2. The number of nitrogens with zero attached hydrogens (tertiary/aromatic N) is 4. The molecule has 0 spiro atoms. The normalized spacial score (nSPS) is 16.9. The topological polar surface area (TPSA) is 220 Å². The highest BCUT2D eigenvalue weighted by Crippen LogP contribution is 2.47. The molecule has 2 saturated heterocycles. The number of carbonyl (C=O) groups is 5. The van der Waals surface area contributed by atoms with Gasteiger partial charge in [0.15, 0.2) is 5.82 Å². The number of rotatable bonds is 16. The number of halogens is 1. The molecule has 1 unspecified atom stereocenters. The summed E-state index contributed by atoms with van der Waals surface area (Å²) < 4.78 is 35.2. The molecule has 0 radical (unpaired) electrons. The summed E-state index contributed by atoms with van der Waals surface area (Å²) in [5.74, 6) is -1.28. The number of amides is 5. The number of nitrogens with one attached hydrogen (secondary N) is 4. The number of ether oxygens (including phenoxy) is 2. The number of carbonyl (C=O) groups excluding carboxylic acids is 5. The summed E-state index contributed by atoms with van der Waals surface area (Å²) in [6, 6.07) is 16.1. The number of para-hydroxylation sites is 1. The highest BCUT2D eigenvalue weighted by Gasteiger charge is 2.46. The largest absolute Gasteiger partial charge is 0.494 e. The van der Waals surface area contributed by atoms with E-state index in [2.05, 4.69) is 36.1 Å². The van der Waals surface area contributed by atoms with Crippen LogP contribution in [0.25, 0.3) is 0 Å². The summed E-state index contributed by atoms with van der Waals surface area (Å²) in [5, 5.41) is 12.1. The molecule has 3 aliphatic rings. The first-order chi connectivity index (χ1) is 29.4. The number of hydrogen-bond donors (Lipinski definition) is 4. The van der Waals surface area contributed by atoms with E-state index < -0.39 is 37.3 Å². The third-order valence-electron chi connectivity index (χ3n) is 10.6. The van der Waals surface area contributed by atoms with Crippen molar-refractivity contribution in [2.75, 3.05) is 56.6 Å². The minimum atomic E-state index is -3.59. The van der Waals surface area contributed by atoms with Crippen molar-refractivity contribution in [3.63, 3.8) is 0 Å². The Morgan fingerprint density at radius 3 is 2.43 bits per heavy atom. The van der Waals surface area contributed by atoms with E-state index >= 15 is 0 Å². The van der Waals surface area contributed by atoms with E-state index in [-0.39, 0.29) is 71.5 Å². The Kier molecular flexibility index (Phi) is 13.2. The van der Waals surface area contributed by atoms with E-state index in [4.69, 9.17) is 30.1 Å². The number of fused-ring (bicyclic) bond motifs is 1. The van der Waals surface area contributed by atoms with E-state index in [0.717, 1.165) is 23.4 Å². The standard InChI is InChI=1S/C41H44ClN8O10P/c1-57-32-22-25(13-14-28(32)46-41-43-23-27(42)37(48-41)45-29-9-4-5-11-33(29)61(56,58-2)59-3)49-19-17-24(18-20-49)44-34(51)12-7-21-60-31-10-6-8-26-36(31)40(55)50(39(26)54)30-15-16-35(52)47-38(30)53/h4-6,8-11,13-14,22-24,30H,7,12,15-21H2,1-3H3,(H,44,51)(H,47,52,53)(H2,43,45,46,48). The number of imide groups is 2. The van der Waals surface area contributed by atoms with E-state index in [0.29, 0.717) is 41.9 Å². The van der Waals surface area contributed by atoms with Gasteiger partial charge < -0.3 is 39.4 Å². The first-order valence-electron chi connectivity index (χ1n) is 19.5. The number of methoxy groups -OCH3 is 1. The van der Waals surface area contributed by atoms with Crippen LogP contribution in [-0.4, -0.2) is 97.5 Å². The zero-order valence-electron chi connectivity index (χ0n) is 33.6. The highest BCUT2D eigenvalue weighted by atomic mass is 35.5. The van der Waals surface area contributed by atoms with Crippen molar-refractivity contribution in [3.8, 4) is 11.5 Å². The van der Waals surface area contributed by atoms with Crippen LogP contribution in [0.1, 0.15) is 59.2 Å². The second-order valence-corrected chi connectivity index (χ2v) is 16.9. The van der Waals surface area contributed by atoms with Crippen molar-refractivity contribution in [3.05, 3.63) is 83.0 Å². The molecule has 0 saturated carbocycles. The number of benzene rings is 3. The van der Waals surface area contributed by atoms with Gasteiger partial charge in [-0.3, -0.25) is 38.8 Å². The predicted molar refractivity (Wildman–Crippen MR) is 226 cm³/mol. The van der Waals surface area contributed by atoms with Crippen molar-refractivity contribution in [2.45, 2.75) is 50.6 Å². The second kappa shape index (κ2) is 18.7. The van der Waals surface area contributed by atoms with Crippen LogP contribution in [0.5, 0.6) is 11.5 Å². The Hall–Kier alpha value is -6.07. The SMILES string of the molecule is COc1cc(N2CCC(NC(=O)CCCOc3cccc4c3C(=O)N(C3CCC(=O)NC3=O)C4=O)CC2)ccc1Nc1ncc(Cl)c(Nc2ccccc2P(=O)(OC)OC)n1. The molecule has 3 aromatic carbocycles. The lowest BCUT2D eigenvalue weighted by molar-refractivity contribution is -0.136. The summed E-state index contributed by atoms with van der Waals surface area (Å²) >= 11 is 6.45. The molecule has 5 amide bonds. The maximum Gasteiger partial charge on any atom is 0.362 e. The van der Waals surface area contributed by atoms with Crippen molar-refractivity contribution in [1.82, 2.24) is 25.5 Å². The van der Waals surface area contributed by atoms with Crippen molar-refractivity contribution >= 4 is 82.9 Å². The minimum Gasteiger partial charge on any atom is -0.494 e. The lowest BCUT2D eigenvalue weighted by Crippen LogP contribution is -2.54. The van der Waals surface area contributed by atoms with Gasteiger partial charge in [0.2, 0.25) is 23.7 Å². The molecule has 0 aliphatic carbocycles. The summed E-state index contributed by atoms with van der Waals surface area (Å²) in [5.41, 5.74) is 2.18. The molecule has 4 heterocycles. The number of anilines is 5. The monoisotopic (exact) mass is 874 g/mol. The number of hydrogen-bond acceptors (Lipinski definition) is 15. The molecule has 320 valence electrons. The molecular weight excluding hydrogens is 831 g/mol. The van der Waals surface area contributed by atoms with Crippen molar-refractivity contribution in [2.24, 2.45) is 0 Å².